The Balaban J connectivity index is 0.00000167. The Kier molecular flexibility index (Phi) is 8.81. The summed E-state index contributed by atoms with van der Waals surface area (Å²) in [6.45, 7) is 5.09. The lowest BCUT2D eigenvalue weighted by atomic mass is 10.3. The van der Waals surface area contributed by atoms with Crippen molar-refractivity contribution in [3.63, 3.8) is 0 Å². The molecule has 0 aliphatic carbocycles. The maximum absolute atomic E-state index is 14.3. The molecule has 0 saturated carbocycles. The summed E-state index contributed by atoms with van der Waals surface area (Å²) >= 11 is 1.36. The van der Waals surface area contributed by atoms with Crippen molar-refractivity contribution in [3.8, 4) is 22.2 Å². The molecule has 1 aromatic carbocycles. The van der Waals surface area contributed by atoms with Crippen molar-refractivity contribution in [1.29, 1.82) is 0 Å². The minimum Gasteiger partial charge on any atom is -0.481 e. The van der Waals surface area contributed by atoms with Crippen molar-refractivity contribution in [1.82, 2.24) is 20.3 Å². The van der Waals surface area contributed by atoms with Crippen LogP contribution in [0, 0.1) is 15.9 Å². The smallest absolute Gasteiger partial charge is 0.303 e. The fourth-order valence-electron chi connectivity index (χ4n) is 3.08. The van der Waals surface area contributed by atoms with Gasteiger partial charge in [-0.05, 0) is 25.1 Å². The molecule has 4 aromatic rings. The van der Waals surface area contributed by atoms with E-state index in [-0.39, 0.29) is 17.9 Å². The van der Waals surface area contributed by atoms with Gasteiger partial charge >= 0.3 is 5.97 Å². The number of nitrogens with zero attached hydrogens (tertiary/aromatic N) is 3. The minimum absolute atomic E-state index is 0.115. The maximum atomic E-state index is 14.3. The number of thiophene rings is 1. The number of rotatable bonds is 10. The van der Waals surface area contributed by atoms with Gasteiger partial charge in [-0.3, -0.25) is 19.9 Å². The van der Waals surface area contributed by atoms with Gasteiger partial charge in [0.25, 0.3) is 5.69 Å². The second kappa shape index (κ2) is 12.0. The van der Waals surface area contributed by atoms with Gasteiger partial charge in [0, 0.05) is 43.2 Å². The first-order valence-corrected chi connectivity index (χ1v) is 11.7. The lowest BCUT2D eigenvalue weighted by Crippen LogP contribution is -2.15. The lowest BCUT2D eigenvalue weighted by Gasteiger charge is -2.07. The van der Waals surface area contributed by atoms with E-state index in [1.807, 2.05) is 19.9 Å². The summed E-state index contributed by atoms with van der Waals surface area (Å²) in [7, 11) is 0. The summed E-state index contributed by atoms with van der Waals surface area (Å²) in [5.41, 5.74) is 1.12. The second-order valence-electron chi connectivity index (χ2n) is 7.04. The van der Waals surface area contributed by atoms with Gasteiger partial charge in [-0.2, -0.15) is 0 Å². The monoisotopic (exact) mass is 501 g/mol. The molecule has 0 amide bonds. The number of H-pyrrole nitrogens is 1. The molecule has 0 atom stereocenters. The number of aromatic amines is 1. The molecule has 0 bridgehead atoms. The first-order valence-electron chi connectivity index (χ1n) is 10.9. The number of benzene rings is 1. The highest BCUT2D eigenvalue weighted by molar-refractivity contribution is 7.22. The van der Waals surface area contributed by atoms with E-state index < -0.39 is 16.7 Å². The van der Waals surface area contributed by atoms with E-state index in [0.717, 1.165) is 16.6 Å². The molecule has 0 aliphatic rings. The number of imidazole rings is 1. The average molecular weight is 502 g/mol. The first-order chi connectivity index (χ1) is 16.9. The largest absolute Gasteiger partial charge is 0.481 e. The summed E-state index contributed by atoms with van der Waals surface area (Å²) in [5, 5.41) is 22.6. The Morgan fingerprint density at radius 1 is 1.26 bits per heavy atom. The highest BCUT2D eigenvalue weighted by Gasteiger charge is 2.16. The molecule has 0 radical (unpaired) electrons. The van der Waals surface area contributed by atoms with Gasteiger partial charge < -0.3 is 20.1 Å². The third-order valence-corrected chi connectivity index (χ3v) is 5.79. The number of hydrogen-bond donors (Lipinski definition) is 3. The number of aliphatic carboxylic acids is 1. The maximum Gasteiger partial charge on any atom is 0.303 e. The zero-order valence-corrected chi connectivity index (χ0v) is 19.9. The Morgan fingerprint density at radius 3 is 2.77 bits per heavy atom. The van der Waals surface area contributed by atoms with Crippen LogP contribution < -0.4 is 10.1 Å². The fraction of sp³-hybridized carbons (Fsp3) is 0.261. The number of carboxylic acid groups (broad SMARTS) is 1. The van der Waals surface area contributed by atoms with Crippen LogP contribution in [0.25, 0.3) is 20.9 Å². The zero-order valence-electron chi connectivity index (χ0n) is 19.1. The molecule has 0 spiro atoms. The van der Waals surface area contributed by atoms with Crippen LogP contribution in [0.3, 0.4) is 0 Å². The van der Waals surface area contributed by atoms with Gasteiger partial charge in [-0.1, -0.05) is 13.8 Å². The van der Waals surface area contributed by atoms with Gasteiger partial charge in [-0.15, -0.1) is 11.3 Å². The Hall–Kier alpha value is -3.90. The van der Waals surface area contributed by atoms with Gasteiger partial charge in [-0.25, -0.2) is 9.37 Å². The molecular weight excluding hydrogens is 477 g/mol. The molecule has 184 valence electrons. The van der Waals surface area contributed by atoms with Crippen molar-refractivity contribution in [3.05, 3.63) is 64.4 Å². The number of hydrogen-bond acceptors (Lipinski definition) is 8. The highest BCUT2D eigenvalue weighted by Crippen LogP contribution is 2.39. The van der Waals surface area contributed by atoms with E-state index in [1.165, 1.54) is 29.7 Å². The third kappa shape index (κ3) is 6.58. The van der Waals surface area contributed by atoms with Crippen molar-refractivity contribution >= 4 is 33.2 Å². The number of non-ortho nitro benzene ring substituents is 1. The number of carbonyl (C=O) groups is 1. The van der Waals surface area contributed by atoms with Crippen LogP contribution in [0.5, 0.6) is 11.5 Å². The van der Waals surface area contributed by atoms with Crippen LogP contribution in [-0.4, -0.2) is 37.5 Å². The highest BCUT2D eigenvalue weighted by atomic mass is 32.1. The van der Waals surface area contributed by atoms with E-state index in [1.54, 1.807) is 12.3 Å². The Labute approximate surface area is 204 Å². The summed E-state index contributed by atoms with van der Waals surface area (Å²) < 4.78 is 20.6. The van der Waals surface area contributed by atoms with Crippen molar-refractivity contribution in [2.75, 3.05) is 6.54 Å². The molecule has 0 saturated heterocycles. The van der Waals surface area contributed by atoms with Crippen LogP contribution in [0.15, 0.2) is 42.7 Å². The van der Waals surface area contributed by atoms with E-state index in [2.05, 4.69) is 20.3 Å². The normalized spacial score (nSPS) is 10.6. The first kappa shape index (κ1) is 25.7. The summed E-state index contributed by atoms with van der Waals surface area (Å²) in [6.07, 6.45) is 3.88. The molecule has 12 heteroatoms. The van der Waals surface area contributed by atoms with Crippen LogP contribution in [-0.2, 0) is 11.3 Å². The Morgan fingerprint density at radius 2 is 2.06 bits per heavy atom. The van der Waals surface area contributed by atoms with Crippen molar-refractivity contribution < 1.29 is 24.0 Å². The summed E-state index contributed by atoms with van der Waals surface area (Å²) in [6, 6.07) is 6.64. The minimum atomic E-state index is -0.836. The van der Waals surface area contributed by atoms with Crippen LogP contribution in [0.4, 0.5) is 10.1 Å². The number of nitro groups is 1. The standard InChI is InChI=1S/C21H18FN5O5S.C2H6/c22-14-8-13(27(30)31)3-4-16(14)32-17-5-7-24-15-9-18(33-20(15)17)21-25-11-12(26-21)10-23-6-1-2-19(28)29;1-2/h3-5,7-9,11,23H,1-2,6,10H2,(H,25,26)(H,28,29);1-2H3. The van der Waals surface area contributed by atoms with Gasteiger partial charge in [0.15, 0.2) is 11.6 Å². The molecular formula is C23H24FN5O5S. The number of nitrogens with one attached hydrogen (secondary N) is 2. The molecule has 3 aromatic heterocycles. The SMILES string of the molecule is CC.O=C(O)CCCNCc1cnc(-c2cc3nccc(Oc4ccc([N+](=O)[O-])cc4F)c3s2)[nH]1. The third-order valence-electron chi connectivity index (χ3n) is 4.64. The number of pyridine rings is 1. The number of halogens is 1. The number of carboxylic acids is 1. The molecule has 0 unspecified atom stereocenters. The molecule has 10 nitrogen and oxygen atoms in total. The average Bonchev–Trinajstić information content (AvgIpc) is 3.49. The van der Waals surface area contributed by atoms with Gasteiger partial charge in [0.05, 0.1) is 26.1 Å². The van der Waals surface area contributed by atoms with Crippen LogP contribution in [0.1, 0.15) is 32.4 Å². The molecule has 3 N–H and O–H groups in total. The topological polar surface area (TPSA) is 143 Å². The van der Waals surface area contributed by atoms with E-state index in [0.29, 0.717) is 41.3 Å². The van der Waals surface area contributed by atoms with Gasteiger partial charge in [0.1, 0.15) is 11.6 Å². The fourth-order valence-corrected chi connectivity index (χ4v) is 4.10. The molecule has 4 rings (SSSR count). The van der Waals surface area contributed by atoms with E-state index in [9.17, 15) is 19.3 Å². The lowest BCUT2D eigenvalue weighted by molar-refractivity contribution is -0.385. The molecule has 3 heterocycles. The van der Waals surface area contributed by atoms with Crippen molar-refractivity contribution in [2.24, 2.45) is 0 Å². The predicted octanol–water partition coefficient (Wildman–Crippen LogP) is 5.51. The van der Waals surface area contributed by atoms with Gasteiger partial charge in [0.2, 0.25) is 0 Å². The Bertz CT molecular complexity index is 1320. The summed E-state index contributed by atoms with van der Waals surface area (Å²) in [4.78, 5) is 33.4. The number of aromatic nitrogens is 3. The van der Waals surface area contributed by atoms with Crippen molar-refractivity contribution in [2.45, 2.75) is 33.2 Å². The zero-order chi connectivity index (χ0) is 25.4. The predicted molar refractivity (Wildman–Crippen MR) is 130 cm³/mol. The van der Waals surface area contributed by atoms with E-state index in [4.69, 9.17) is 9.84 Å². The number of nitro benzene ring substituents is 1. The van der Waals surface area contributed by atoms with Crippen LogP contribution in [0.2, 0.25) is 0 Å². The number of fused-ring (bicyclic) bond motifs is 1. The molecule has 0 aliphatic heterocycles. The second-order valence-corrected chi connectivity index (χ2v) is 8.09. The van der Waals surface area contributed by atoms with E-state index >= 15 is 0 Å². The quantitative estimate of drug-likeness (QED) is 0.147. The summed E-state index contributed by atoms with van der Waals surface area (Å²) in [5.74, 6) is -0.780. The molecule has 35 heavy (non-hydrogen) atoms. The molecule has 0 fully saturated rings. The van der Waals surface area contributed by atoms with Crippen LogP contribution >= 0.6 is 11.3 Å². The number of ether oxygens (including phenoxy) is 1.